The molecule has 0 saturated heterocycles. The van der Waals surface area contributed by atoms with Crippen molar-refractivity contribution < 1.29 is 20.1 Å². The van der Waals surface area contributed by atoms with Crippen molar-refractivity contribution in [1.82, 2.24) is 0 Å². The molecule has 2 fully saturated rings. The molecule has 0 unspecified atom stereocenters. The molecule has 0 heterocycles. The summed E-state index contributed by atoms with van der Waals surface area (Å²) < 4.78 is 0. The lowest BCUT2D eigenvalue weighted by molar-refractivity contribution is -0.148. The van der Waals surface area contributed by atoms with Crippen molar-refractivity contribution in [3.63, 3.8) is 0 Å². The van der Waals surface area contributed by atoms with E-state index in [1.165, 1.54) is 11.1 Å². The minimum atomic E-state index is -0.793. The van der Waals surface area contributed by atoms with Gasteiger partial charge in [0.2, 0.25) is 0 Å². The number of rotatable bonds is 6. The van der Waals surface area contributed by atoms with Gasteiger partial charge >= 0.3 is 5.97 Å². The number of fused-ring (bicyclic) bond motifs is 5. The molecule has 0 aliphatic heterocycles. The molecule has 3 N–H and O–H groups in total. The van der Waals surface area contributed by atoms with Gasteiger partial charge in [-0.25, -0.2) is 0 Å². The molecule has 8 atom stereocenters. The largest absolute Gasteiger partial charge is 0.481 e. The Hall–Kier alpha value is -1.39. The zero-order valence-corrected chi connectivity index (χ0v) is 23.0. The average molecular weight is 485 g/mol. The van der Waals surface area contributed by atoms with Crippen molar-refractivity contribution >= 4 is 5.97 Å². The number of hydrogen-bond acceptors (Lipinski definition) is 3. The van der Waals surface area contributed by atoms with E-state index in [0.717, 1.165) is 31.3 Å². The highest BCUT2D eigenvalue weighted by molar-refractivity contribution is 5.71. The third kappa shape index (κ3) is 3.72. The van der Waals surface area contributed by atoms with Crippen LogP contribution in [-0.4, -0.2) is 33.5 Å². The van der Waals surface area contributed by atoms with Gasteiger partial charge in [-0.2, -0.15) is 0 Å². The summed E-state index contributed by atoms with van der Waals surface area (Å²) in [6.07, 6.45) is 9.19. The molecule has 2 saturated carbocycles. The SMILES string of the molecule is C=C(CC[C@@H](C(=O)O)[C@H]1[C@H](O)C[C@@]2(C)C3=CC[C@@H]4C(C)(C)[C@@H](O)CC[C@]4(C)C3=CC[C@]12C)C(C)C. The highest BCUT2D eigenvalue weighted by Crippen LogP contribution is 2.71. The molecule has 4 rings (SSSR count). The predicted octanol–water partition coefficient (Wildman–Crippen LogP) is 6.54. The molecule has 0 spiro atoms. The van der Waals surface area contributed by atoms with Crippen LogP contribution in [0.25, 0.3) is 0 Å². The Labute approximate surface area is 212 Å². The lowest BCUT2D eigenvalue weighted by Crippen LogP contribution is -2.54. The second-order valence-corrected chi connectivity index (χ2v) is 13.9. The van der Waals surface area contributed by atoms with E-state index in [4.69, 9.17) is 0 Å². The summed E-state index contributed by atoms with van der Waals surface area (Å²) in [5.74, 6) is -0.966. The van der Waals surface area contributed by atoms with Crippen molar-refractivity contribution in [1.29, 1.82) is 0 Å². The Kier molecular flexibility index (Phi) is 6.54. The summed E-state index contributed by atoms with van der Waals surface area (Å²) >= 11 is 0. The molecule has 4 heteroatoms. The molecule has 0 bridgehead atoms. The van der Waals surface area contributed by atoms with Crippen LogP contribution in [0.1, 0.15) is 93.4 Å². The summed E-state index contributed by atoms with van der Waals surface area (Å²) in [6.45, 7) is 19.7. The molecule has 196 valence electrons. The average Bonchev–Trinajstić information content (AvgIpc) is 2.97. The number of carbonyl (C=O) groups is 1. The van der Waals surface area contributed by atoms with Gasteiger partial charge in [-0.3, -0.25) is 4.79 Å². The number of aliphatic hydroxyl groups is 2. The Morgan fingerprint density at radius 2 is 1.77 bits per heavy atom. The molecule has 4 nitrogen and oxygen atoms in total. The monoisotopic (exact) mass is 484 g/mol. The van der Waals surface area contributed by atoms with Crippen molar-refractivity contribution in [2.24, 2.45) is 45.3 Å². The predicted molar refractivity (Wildman–Crippen MR) is 141 cm³/mol. The zero-order valence-electron chi connectivity index (χ0n) is 23.0. The van der Waals surface area contributed by atoms with Crippen LogP contribution in [0.2, 0.25) is 0 Å². The number of aliphatic hydroxyl groups excluding tert-OH is 2. The summed E-state index contributed by atoms with van der Waals surface area (Å²) in [6, 6.07) is 0. The lowest BCUT2D eigenvalue weighted by Gasteiger charge is -2.61. The van der Waals surface area contributed by atoms with Crippen LogP contribution >= 0.6 is 0 Å². The van der Waals surface area contributed by atoms with Crippen molar-refractivity contribution in [3.8, 4) is 0 Å². The van der Waals surface area contributed by atoms with Crippen LogP contribution in [0, 0.1) is 45.3 Å². The Bertz CT molecular complexity index is 957. The standard InChI is InChI=1S/C31H48O4/c1-18(2)19(3)9-10-20(27(34)35)26-23(32)17-31(8)22-11-12-24-28(4,5)25(33)14-15-29(24,6)21(22)13-16-30(26,31)7/h11,13,18,20,23-26,32-33H,3,9-10,12,14-17H2,1-2,4-8H3,(H,34,35)/t20-,23-,24-,25+,26+,29-,30-,31+/m1/s1. The van der Waals surface area contributed by atoms with Crippen LogP contribution in [0.3, 0.4) is 0 Å². The third-order valence-electron chi connectivity index (χ3n) is 11.6. The lowest BCUT2D eigenvalue weighted by atomic mass is 9.44. The molecule has 0 aromatic carbocycles. The minimum Gasteiger partial charge on any atom is -0.481 e. The molecule has 4 aliphatic rings. The first-order valence-electron chi connectivity index (χ1n) is 13.8. The van der Waals surface area contributed by atoms with Gasteiger partial charge in [0.25, 0.3) is 0 Å². The molecule has 0 aromatic rings. The van der Waals surface area contributed by atoms with E-state index < -0.39 is 18.0 Å². The molecule has 35 heavy (non-hydrogen) atoms. The second kappa shape index (κ2) is 8.58. The van der Waals surface area contributed by atoms with Gasteiger partial charge in [0.05, 0.1) is 18.1 Å². The quantitative estimate of drug-likeness (QED) is 0.374. The van der Waals surface area contributed by atoms with Gasteiger partial charge in [-0.15, -0.1) is 0 Å². The van der Waals surface area contributed by atoms with Crippen molar-refractivity contribution in [3.05, 3.63) is 35.5 Å². The smallest absolute Gasteiger partial charge is 0.306 e. The summed E-state index contributed by atoms with van der Waals surface area (Å²) in [4.78, 5) is 12.6. The van der Waals surface area contributed by atoms with Crippen LogP contribution in [0.4, 0.5) is 0 Å². The third-order valence-corrected chi connectivity index (χ3v) is 11.6. The van der Waals surface area contributed by atoms with E-state index in [-0.39, 0.29) is 33.7 Å². The Morgan fingerprint density at radius 3 is 2.37 bits per heavy atom. The normalized spacial score (nSPS) is 42.9. The van der Waals surface area contributed by atoms with Crippen molar-refractivity contribution in [2.45, 2.75) is 106 Å². The number of hydrogen-bond donors (Lipinski definition) is 3. The zero-order chi connectivity index (χ0) is 26.1. The maximum absolute atomic E-state index is 12.6. The summed E-state index contributed by atoms with van der Waals surface area (Å²) in [7, 11) is 0. The van der Waals surface area contributed by atoms with E-state index in [0.29, 0.717) is 31.1 Å². The molecular formula is C31H48O4. The number of carboxylic acid groups (broad SMARTS) is 1. The van der Waals surface area contributed by atoms with E-state index >= 15 is 0 Å². The summed E-state index contributed by atoms with van der Waals surface area (Å²) in [5, 5.41) is 32.6. The highest BCUT2D eigenvalue weighted by Gasteiger charge is 2.66. The fourth-order valence-corrected chi connectivity index (χ4v) is 8.90. The fraction of sp³-hybridized carbons (Fsp3) is 0.774. The molecular weight excluding hydrogens is 436 g/mol. The second-order valence-electron chi connectivity index (χ2n) is 13.9. The van der Waals surface area contributed by atoms with Gasteiger partial charge in [-0.05, 0) is 84.2 Å². The fourth-order valence-electron chi connectivity index (χ4n) is 8.90. The maximum Gasteiger partial charge on any atom is 0.306 e. The van der Waals surface area contributed by atoms with Gasteiger partial charge in [0.1, 0.15) is 0 Å². The highest BCUT2D eigenvalue weighted by atomic mass is 16.4. The molecule has 0 radical (unpaired) electrons. The number of allylic oxidation sites excluding steroid dienone is 5. The first kappa shape index (κ1) is 26.7. The maximum atomic E-state index is 12.6. The van der Waals surface area contributed by atoms with E-state index in [1.807, 2.05) is 0 Å². The Morgan fingerprint density at radius 1 is 1.11 bits per heavy atom. The molecule has 0 amide bonds. The van der Waals surface area contributed by atoms with Crippen LogP contribution < -0.4 is 0 Å². The van der Waals surface area contributed by atoms with Gasteiger partial charge in [-0.1, -0.05) is 72.8 Å². The van der Waals surface area contributed by atoms with Crippen LogP contribution in [0.5, 0.6) is 0 Å². The number of aliphatic carboxylic acids is 1. The van der Waals surface area contributed by atoms with Gasteiger partial charge in [0.15, 0.2) is 0 Å². The van der Waals surface area contributed by atoms with Gasteiger partial charge < -0.3 is 15.3 Å². The first-order valence-corrected chi connectivity index (χ1v) is 13.8. The Balaban J connectivity index is 1.72. The van der Waals surface area contributed by atoms with E-state index in [2.05, 4.69) is 67.2 Å². The number of carboxylic acids is 1. The molecule has 0 aromatic heterocycles. The minimum absolute atomic E-state index is 0.00139. The van der Waals surface area contributed by atoms with E-state index in [9.17, 15) is 20.1 Å². The van der Waals surface area contributed by atoms with E-state index in [1.54, 1.807) is 0 Å². The van der Waals surface area contributed by atoms with Gasteiger partial charge in [0, 0.05) is 11.3 Å². The molecule has 4 aliphatic carbocycles. The van der Waals surface area contributed by atoms with Crippen molar-refractivity contribution in [2.75, 3.05) is 0 Å². The van der Waals surface area contributed by atoms with Crippen LogP contribution in [0.15, 0.2) is 35.5 Å². The first-order chi connectivity index (χ1) is 16.1. The topological polar surface area (TPSA) is 77.8 Å². The summed E-state index contributed by atoms with van der Waals surface area (Å²) in [5.41, 5.74) is 3.09. The van der Waals surface area contributed by atoms with Crippen LogP contribution in [-0.2, 0) is 4.79 Å².